The Morgan fingerprint density at radius 3 is 2.62 bits per heavy atom. The minimum absolute atomic E-state index is 0.0654. The summed E-state index contributed by atoms with van der Waals surface area (Å²) in [5.41, 5.74) is 2.00. The first-order chi connectivity index (χ1) is 12.7. The molecule has 0 unspecified atom stereocenters. The zero-order valence-electron chi connectivity index (χ0n) is 14.5. The molecule has 2 aromatic carbocycles. The average Bonchev–Trinajstić information content (AvgIpc) is 2.67. The molecule has 0 amide bonds. The minimum Gasteiger partial charge on any atom is -0.283 e. The van der Waals surface area contributed by atoms with Gasteiger partial charge in [-0.15, -0.1) is 0 Å². The van der Waals surface area contributed by atoms with Crippen molar-refractivity contribution in [2.75, 3.05) is 0 Å². The van der Waals surface area contributed by atoms with Crippen molar-refractivity contribution in [1.82, 2.24) is 9.55 Å². The Kier molecular flexibility index (Phi) is 5.64. The molecule has 0 bridgehead atoms. The lowest BCUT2D eigenvalue weighted by Gasteiger charge is -2.22. The molecule has 4 rings (SSSR count). The van der Waals surface area contributed by atoms with Gasteiger partial charge in [0, 0.05) is 8.82 Å². The molecule has 3 aromatic rings. The highest BCUT2D eigenvalue weighted by Gasteiger charge is 2.19. The van der Waals surface area contributed by atoms with Crippen LogP contribution in [0.4, 0.5) is 0 Å². The summed E-state index contributed by atoms with van der Waals surface area (Å²) in [7, 11) is 0. The predicted molar refractivity (Wildman–Crippen MR) is 117 cm³/mol. The molecule has 5 heteroatoms. The lowest BCUT2D eigenvalue weighted by Crippen LogP contribution is -2.25. The van der Waals surface area contributed by atoms with E-state index < -0.39 is 0 Å². The largest absolute Gasteiger partial charge is 0.283 e. The van der Waals surface area contributed by atoms with Crippen LogP contribution in [0.15, 0.2) is 58.5 Å². The number of hydrogen-bond acceptors (Lipinski definition) is 3. The molecule has 0 saturated heterocycles. The summed E-state index contributed by atoms with van der Waals surface area (Å²) in [6, 6.07) is 16.1. The third kappa shape index (κ3) is 3.98. The van der Waals surface area contributed by atoms with Crippen molar-refractivity contribution in [2.45, 2.75) is 49.1 Å². The molecule has 1 fully saturated rings. The molecule has 0 aliphatic heterocycles. The zero-order valence-corrected chi connectivity index (χ0v) is 17.5. The Balaban J connectivity index is 1.80. The van der Waals surface area contributed by atoms with Gasteiger partial charge in [0.25, 0.3) is 5.56 Å². The van der Waals surface area contributed by atoms with Crippen LogP contribution in [0, 0.1) is 3.57 Å². The highest BCUT2D eigenvalue weighted by molar-refractivity contribution is 14.1. The second kappa shape index (κ2) is 8.13. The first kappa shape index (κ1) is 18.0. The van der Waals surface area contributed by atoms with Crippen molar-refractivity contribution >= 4 is 45.3 Å². The maximum atomic E-state index is 13.3. The van der Waals surface area contributed by atoms with Crippen LogP contribution in [0.1, 0.15) is 37.7 Å². The standard InChI is InChI=1S/C21H21IN2OS/c22-16-11-12-19-18(13-16)20(25)24(14-15-7-3-1-4-8-15)21(23-19)26-17-9-5-2-6-10-17/h1,3-4,7-8,11-13,17H,2,5-6,9-10,14H2. The molecule has 0 N–H and O–H groups in total. The number of benzene rings is 2. The van der Waals surface area contributed by atoms with E-state index in [1.54, 1.807) is 11.8 Å². The van der Waals surface area contributed by atoms with Crippen LogP contribution in [0.3, 0.4) is 0 Å². The first-order valence-electron chi connectivity index (χ1n) is 9.11. The van der Waals surface area contributed by atoms with E-state index in [0.29, 0.717) is 17.2 Å². The van der Waals surface area contributed by atoms with E-state index in [1.807, 2.05) is 41.0 Å². The van der Waals surface area contributed by atoms with Crippen LogP contribution in [0.5, 0.6) is 0 Å². The molecule has 1 heterocycles. The van der Waals surface area contributed by atoms with Gasteiger partial charge in [0.05, 0.1) is 17.4 Å². The molecule has 0 atom stereocenters. The maximum absolute atomic E-state index is 13.3. The van der Waals surface area contributed by atoms with Crippen LogP contribution < -0.4 is 5.56 Å². The fourth-order valence-electron chi connectivity index (χ4n) is 3.50. The molecular formula is C21H21IN2OS. The highest BCUT2D eigenvalue weighted by Crippen LogP contribution is 2.33. The summed E-state index contributed by atoms with van der Waals surface area (Å²) < 4.78 is 2.93. The van der Waals surface area contributed by atoms with Gasteiger partial charge in [0.15, 0.2) is 5.16 Å². The predicted octanol–water partition coefficient (Wildman–Crippen LogP) is 5.47. The quantitative estimate of drug-likeness (QED) is 0.370. The Labute approximate surface area is 171 Å². The second-order valence-electron chi connectivity index (χ2n) is 6.81. The van der Waals surface area contributed by atoms with Gasteiger partial charge in [0.2, 0.25) is 0 Å². The van der Waals surface area contributed by atoms with E-state index in [1.165, 1.54) is 32.1 Å². The van der Waals surface area contributed by atoms with Gasteiger partial charge in [-0.2, -0.15) is 0 Å². The zero-order chi connectivity index (χ0) is 17.9. The van der Waals surface area contributed by atoms with Gasteiger partial charge in [-0.1, -0.05) is 61.4 Å². The Morgan fingerprint density at radius 2 is 1.85 bits per heavy atom. The minimum atomic E-state index is 0.0654. The number of hydrogen-bond donors (Lipinski definition) is 0. The molecular weight excluding hydrogens is 455 g/mol. The highest BCUT2D eigenvalue weighted by atomic mass is 127. The van der Waals surface area contributed by atoms with Crippen molar-refractivity contribution in [3.63, 3.8) is 0 Å². The smallest absolute Gasteiger partial charge is 0.262 e. The van der Waals surface area contributed by atoms with Crippen molar-refractivity contribution in [2.24, 2.45) is 0 Å². The second-order valence-corrected chi connectivity index (χ2v) is 9.32. The molecule has 134 valence electrons. The van der Waals surface area contributed by atoms with Crippen molar-refractivity contribution in [3.8, 4) is 0 Å². The van der Waals surface area contributed by atoms with Gasteiger partial charge in [0.1, 0.15) is 0 Å². The number of rotatable bonds is 4. The molecule has 1 aliphatic rings. The first-order valence-corrected chi connectivity index (χ1v) is 11.1. The van der Waals surface area contributed by atoms with E-state index in [2.05, 4.69) is 34.7 Å². The number of nitrogens with zero attached hydrogens (tertiary/aromatic N) is 2. The Morgan fingerprint density at radius 1 is 1.08 bits per heavy atom. The lowest BCUT2D eigenvalue weighted by atomic mass is 10.0. The number of fused-ring (bicyclic) bond motifs is 1. The molecule has 1 saturated carbocycles. The third-order valence-electron chi connectivity index (χ3n) is 4.89. The summed E-state index contributed by atoms with van der Waals surface area (Å²) in [6.45, 7) is 0.573. The van der Waals surface area contributed by atoms with Crippen LogP contribution in [0.25, 0.3) is 10.9 Å². The normalized spacial score (nSPS) is 15.4. The average molecular weight is 476 g/mol. The van der Waals surface area contributed by atoms with Crippen LogP contribution in [-0.4, -0.2) is 14.8 Å². The monoisotopic (exact) mass is 476 g/mol. The number of halogens is 1. The maximum Gasteiger partial charge on any atom is 0.262 e. The van der Waals surface area contributed by atoms with Gasteiger partial charge in [-0.25, -0.2) is 4.98 Å². The Hall–Kier alpha value is -1.34. The van der Waals surface area contributed by atoms with Gasteiger partial charge in [-0.05, 0) is 59.2 Å². The van der Waals surface area contributed by atoms with E-state index in [-0.39, 0.29) is 5.56 Å². The summed E-state index contributed by atoms with van der Waals surface area (Å²) in [5.74, 6) is 0. The molecule has 0 radical (unpaired) electrons. The van der Waals surface area contributed by atoms with Crippen molar-refractivity contribution in [1.29, 1.82) is 0 Å². The fraction of sp³-hybridized carbons (Fsp3) is 0.333. The summed E-state index contributed by atoms with van der Waals surface area (Å²) >= 11 is 4.05. The molecule has 26 heavy (non-hydrogen) atoms. The topological polar surface area (TPSA) is 34.9 Å². The number of aromatic nitrogens is 2. The molecule has 0 spiro atoms. The van der Waals surface area contributed by atoms with Gasteiger partial charge >= 0.3 is 0 Å². The Bertz CT molecular complexity index is 965. The fourth-order valence-corrected chi connectivity index (χ4v) is 5.28. The molecule has 3 nitrogen and oxygen atoms in total. The SMILES string of the molecule is O=c1c2cc(I)ccc2nc(SC2CCCCC2)n1Cc1ccccc1. The van der Waals surface area contributed by atoms with Gasteiger partial charge < -0.3 is 0 Å². The van der Waals surface area contributed by atoms with Crippen LogP contribution >= 0.6 is 34.4 Å². The van der Waals surface area contributed by atoms with E-state index in [4.69, 9.17) is 4.98 Å². The summed E-state index contributed by atoms with van der Waals surface area (Å²) in [4.78, 5) is 18.1. The van der Waals surface area contributed by atoms with Crippen molar-refractivity contribution < 1.29 is 0 Å². The van der Waals surface area contributed by atoms with E-state index in [9.17, 15) is 4.79 Å². The molecule has 1 aromatic heterocycles. The number of thioether (sulfide) groups is 1. The summed E-state index contributed by atoms with van der Waals surface area (Å²) in [6.07, 6.45) is 6.34. The van der Waals surface area contributed by atoms with Crippen LogP contribution in [0.2, 0.25) is 0 Å². The lowest BCUT2D eigenvalue weighted by molar-refractivity contribution is 0.513. The van der Waals surface area contributed by atoms with E-state index >= 15 is 0 Å². The molecule has 1 aliphatic carbocycles. The van der Waals surface area contributed by atoms with E-state index in [0.717, 1.165) is 19.8 Å². The summed E-state index contributed by atoms with van der Waals surface area (Å²) in [5, 5.41) is 2.14. The van der Waals surface area contributed by atoms with Crippen LogP contribution in [-0.2, 0) is 6.54 Å². The van der Waals surface area contributed by atoms with Gasteiger partial charge in [-0.3, -0.25) is 9.36 Å². The van der Waals surface area contributed by atoms with Crippen molar-refractivity contribution in [3.05, 3.63) is 68.0 Å². The third-order valence-corrected chi connectivity index (χ3v) is 6.89.